The minimum absolute atomic E-state index is 0.0191. The maximum atomic E-state index is 13.9. The van der Waals surface area contributed by atoms with Crippen LogP contribution in [-0.2, 0) is 14.3 Å². The summed E-state index contributed by atoms with van der Waals surface area (Å²) in [6.45, 7) is 8.16. The number of carbonyl (C=O) groups excluding carboxylic acids is 2. The summed E-state index contributed by atoms with van der Waals surface area (Å²) >= 11 is 1.25. The molecule has 0 aliphatic carbocycles. The maximum absolute atomic E-state index is 13.9. The number of ether oxygens (including phenoxy) is 1. The van der Waals surface area contributed by atoms with Crippen molar-refractivity contribution in [1.29, 1.82) is 0 Å². The minimum atomic E-state index is -0.445. The first-order chi connectivity index (χ1) is 14.0. The van der Waals surface area contributed by atoms with Gasteiger partial charge in [0, 0.05) is 22.8 Å². The first kappa shape index (κ1) is 23.2. The Morgan fingerprint density at radius 3 is 2.48 bits per heavy atom. The Morgan fingerprint density at radius 1 is 1.14 bits per heavy atom. The van der Waals surface area contributed by atoms with Gasteiger partial charge >= 0.3 is 5.97 Å². The number of esters is 1. The van der Waals surface area contributed by atoms with Crippen molar-refractivity contribution in [3.05, 3.63) is 52.5 Å². The molecule has 1 heterocycles. The summed E-state index contributed by atoms with van der Waals surface area (Å²) in [5.74, 6) is -0.534. The minimum Gasteiger partial charge on any atom is -0.462 e. The van der Waals surface area contributed by atoms with Gasteiger partial charge in [-0.3, -0.25) is 4.79 Å². The largest absolute Gasteiger partial charge is 0.462 e. The van der Waals surface area contributed by atoms with Gasteiger partial charge in [-0.15, -0.1) is 0 Å². The van der Waals surface area contributed by atoms with E-state index >= 15 is 0 Å². The first-order valence-corrected chi connectivity index (χ1v) is 11.3. The summed E-state index contributed by atoms with van der Waals surface area (Å²) < 4.78 is 19.4. The lowest BCUT2D eigenvalue weighted by atomic mass is 9.81. The Balaban J connectivity index is 2.68. The molecule has 1 atom stereocenters. The van der Waals surface area contributed by atoms with Gasteiger partial charge in [-0.2, -0.15) is 0 Å². The van der Waals surface area contributed by atoms with Gasteiger partial charge in [0.25, 0.3) is 0 Å². The zero-order valence-electron chi connectivity index (χ0n) is 17.6. The zero-order valence-corrected chi connectivity index (χ0v) is 18.5. The highest BCUT2D eigenvalue weighted by Gasteiger charge is 2.37. The third-order valence-corrected chi connectivity index (χ3v) is 5.53. The molecule has 0 fully saturated rings. The topological polar surface area (TPSA) is 55.4 Å². The van der Waals surface area contributed by atoms with Crippen LogP contribution in [0.3, 0.4) is 0 Å². The molecule has 1 aliphatic rings. The van der Waals surface area contributed by atoms with Crippen molar-refractivity contribution in [1.82, 2.24) is 5.32 Å². The maximum Gasteiger partial charge on any atom is 0.336 e. The second-order valence-electron chi connectivity index (χ2n) is 6.87. The Hall–Kier alpha value is -2.08. The van der Waals surface area contributed by atoms with Crippen LogP contribution in [-0.4, -0.2) is 23.4 Å². The molecule has 0 saturated carbocycles. The number of thioether (sulfide) groups is 1. The Morgan fingerprint density at radius 2 is 1.90 bits per heavy atom. The van der Waals surface area contributed by atoms with Crippen molar-refractivity contribution in [2.75, 3.05) is 12.4 Å². The van der Waals surface area contributed by atoms with Crippen molar-refractivity contribution >= 4 is 28.5 Å². The number of allylic oxidation sites excluding steroid dienone is 1. The van der Waals surface area contributed by atoms with Crippen LogP contribution >= 0.6 is 11.8 Å². The molecule has 1 unspecified atom stereocenters. The molecular weight excluding hydrogens is 389 g/mol. The molecule has 2 rings (SSSR count). The van der Waals surface area contributed by atoms with Crippen LogP contribution in [0.1, 0.15) is 58.9 Å². The monoisotopic (exact) mass is 419 g/mol. The molecular formula is C23H30FNO3S. The Labute approximate surface area is 177 Å². The molecule has 0 bridgehead atoms. The Kier molecular flexibility index (Phi) is 8.96. The summed E-state index contributed by atoms with van der Waals surface area (Å²) in [5, 5.41) is 3.27. The van der Waals surface area contributed by atoms with E-state index in [0.717, 1.165) is 12.1 Å². The quantitative estimate of drug-likeness (QED) is 0.539. The highest BCUT2D eigenvalue weighted by atomic mass is 32.2. The summed E-state index contributed by atoms with van der Waals surface area (Å²) in [6.07, 6.45) is 2.76. The van der Waals surface area contributed by atoms with Crippen LogP contribution in [0.15, 0.2) is 41.1 Å². The van der Waals surface area contributed by atoms with Gasteiger partial charge in [0.1, 0.15) is 5.82 Å². The number of dihydropyridines is 1. The predicted molar refractivity (Wildman–Crippen MR) is 117 cm³/mol. The number of rotatable bonds is 9. The Bertz CT molecular complexity index is 816. The van der Waals surface area contributed by atoms with Crippen LogP contribution < -0.4 is 5.32 Å². The van der Waals surface area contributed by atoms with Gasteiger partial charge < -0.3 is 10.1 Å². The van der Waals surface area contributed by atoms with E-state index in [-0.39, 0.29) is 16.9 Å². The lowest BCUT2D eigenvalue weighted by Gasteiger charge is -2.32. The van der Waals surface area contributed by atoms with E-state index in [1.54, 1.807) is 12.1 Å². The zero-order chi connectivity index (χ0) is 21.4. The van der Waals surface area contributed by atoms with Crippen LogP contribution in [0.2, 0.25) is 0 Å². The van der Waals surface area contributed by atoms with Crippen molar-refractivity contribution in [2.45, 2.75) is 53.4 Å². The molecule has 1 N–H and O–H groups in total. The third kappa shape index (κ3) is 5.50. The van der Waals surface area contributed by atoms with Crippen LogP contribution in [0.5, 0.6) is 0 Å². The predicted octanol–water partition coefficient (Wildman–Crippen LogP) is 5.45. The van der Waals surface area contributed by atoms with E-state index in [9.17, 15) is 14.0 Å². The lowest BCUT2D eigenvalue weighted by molar-refractivity contribution is -0.139. The molecule has 0 aromatic heterocycles. The molecule has 29 heavy (non-hydrogen) atoms. The third-order valence-electron chi connectivity index (χ3n) is 4.76. The van der Waals surface area contributed by atoms with E-state index < -0.39 is 5.97 Å². The fraction of sp³-hybridized carbons (Fsp3) is 0.478. The van der Waals surface area contributed by atoms with E-state index in [4.69, 9.17) is 4.74 Å². The molecule has 1 aromatic carbocycles. The summed E-state index contributed by atoms with van der Waals surface area (Å²) in [7, 11) is 0. The lowest BCUT2D eigenvalue weighted by Crippen LogP contribution is -2.33. The fourth-order valence-corrected chi connectivity index (χ4v) is 4.22. The molecule has 0 radical (unpaired) electrons. The summed E-state index contributed by atoms with van der Waals surface area (Å²) in [6, 6.07) is 6.16. The van der Waals surface area contributed by atoms with Crippen LogP contribution in [0.4, 0.5) is 4.39 Å². The van der Waals surface area contributed by atoms with Crippen LogP contribution in [0.25, 0.3) is 5.70 Å². The summed E-state index contributed by atoms with van der Waals surface area (Å²) in [5.41, 5.74) is 2.97. The average Bonchev–Trinajstić information content (AvgIpc) is 2.71. The molecule has 0 spiro atoms. The van der Waals surface area contributed by atoms with Crippen molar-refractivity contribution in [3.8, 4) is 0 Å². The van der Waals surface area contributed by atoms with E-state index in [0.29, 0.717) is 54.0 Å². The number of halogens is 1. The standard InChI is InChI=1S/C23H30FNO3S/c1-5-10-17-19(23(27)29-8-4)18(7-3)25-21(15-11-9-12-16(24)14-15)20(17)22(26)28-13-6-2/h9,11-12,14,17,25H,5-8,10,13H2,1-4H3. The van der Waals surface area contributed by atoms with Crippen molar-refractivity contribution < 1.29 is 18.7 Å². The van der Waals surface area contributed by atoms with Gasteiger partial charge in [0.05, 0.1) is 17.9 Å². The van der Waals surface area contributed by atoms with E-state index in [1.807, 2.05) is 27.7 Å². The van der Waals surface area contributed by atoms with Gasteiger partial charge in [0.15, 0.2) is 0 Å². The van der Waals surface area contributed by atoms with Crippen LogP contribution in [0, 0.1) is 11.7 Å². The normalized spacial score (nSPS) is 16.7. The average molecular weight is 420 g/mol. The van der Waals surface area contributed by atoms with Crippen molar-refractivity contribution in [3.63, 3.8) is 0 Å². The molecule has 0 saturated heterocycles. The van der Waals surface area contributed by atoms with E-state index in [1.165, 1.54) is 23.9 Å². The molecule has 0 amide bonds. The molecule has 1 aromatic rings. The number of nitrogens with one attached hydrogen (secondary N) is 1. The van der Waals surface area contributed by atoms with Gasteiger partial charge in [0.2, 0.25) is 5.12 Å². The SMILES string of the molecule is CCCOC(=O)C1=C(c2cccc(F)c2)NC(CC)=C(C(=O)SCC)C1CCC. The molecule has 6 heteroatoms. The smallest absolute Gasteiger partial charge is 0.336 e. The molecule has 158 valence electrons. The first-order valence-electron chi connectivity index (χ1n) is 10.3. The van der Waals surface area contributed by atoms with Gasteiger partial charge in [-0.05, 0) is 37.1 Å². The highest BCUT2D eigenvalue weighted by molar-refractivity contribution is 8.14. The second kappa shape index (κ2) is 11.2. The molecule has 4 nitrogen and oxygen atoms in total. The van der Waals surface area contributed by atoms with Crippen molar-refractivity contribution in [2.24, 2.45) is 5.92 Å². The van der Waals surface area contributed by atoms with E-state index in [2.05, 4.69) is 5.32 Å². The van der Waals surface area contributed by atoms with Gasteiger partial charge in [-0.1, -0.05) is 58.0 Å². The number of hydrogen-bond donors (Lipinski definition) is 1. The number of carbonyl (C=O) groups is 2. The summed E-state index contributed by atoms with van der Waals surface area (Å²) in [4.78, 5) is 26.0. The number of hydrogen-bond acceptors (Lipinski definition) is 5. The number of benzene rings is 1. The highest BCUT2D eigenvalue weighted by Crippen LogP contribution is 2.40. The fourth-order valence-electron chi connectivity index (χ4n) is 3.53. The second-order valence-corrected chi connectivity index (χ2v) is 8.10. The van der Waals surface area contributed by atoms with Gasteiger partial charge in [-0.25, -0.2) is 9.18 Å². The molecule has 1 aliphatic heterocycles.